The van der Waals surface area contributed by atoms with Gasteiger partial charge in [-0.3, -0.25) is 9.11 Å². The van der Waals surface area contributed by atoms with Crippen LogP contribution in [0.2, 0.25) is 0 Å². The minimum Gasteiger partial charge on any atom is -0.264 e. The highest BCUT2D eigenvalue weighted by Crippen LogP contribution is 2.29. The summed E-state index contributed by atoms with van der Waals surface area (Å²) in [5.41, 5.74) is 0. The van der Waals surface area contributed by atoms with Crippen molar-refractivity contribution in [2.24, 2.45) is 0 Å². The maximum atomic E-state index is 8.74. The number of rotatable bonds is 0. The van der Waals surface area contributed by atoms with Crippen molar-refractivity contribution in [2.75, 3.05) is 0 Å². The van der Waals surface area contributed by atoms with E-state index < -0.39 is 13.7 Å². The first-order valence-electron chi connectivity index (χ1n) is 1.45. The maximum Gasteiger partial charge on any atom is 0.394 e. The molecule has 0 saturated heterocycles. The number of halogens is 4. The molecule has 64 valence electrons. The predicted octanol–water partition coefficient (Wildman–Crippen LogP) is 1.90. The fourth-order valence-electron chi connectivity index (χ4n) is 0. The van der Waals surface area contributed by atoms with E-state index in [1.165, 1.54) is 0 Å². The molecule has 9 heteroatoms. The quantitative estimate of drug-likeness (QED) is 0.510. The fourth-order valence-corrected chi connectivity index (χ4v) is 0. The van der Waals surface area contributed by atoms with Crippen LogP contribution >= 0.6 is 46.4 Å². The Hall–Kier alpha value is 1.03. The van der Waals surface area contributed by atoms with Gasteiger partial charge in [-0.05, 0) is 0 Å². The van der Waals surface area contributed by atoms with Crippen molar-refractivity contribution in [2.45, 2.75) is 3.25 Å². The summed E-state index contributed by atoms with van der Waals surface area (Å²) in [7, 11) is -4.67. The van der Waals surface area contributed by atoms with Gasteiger partial charge >= 0.3 is 10.4 Å². The molecule has 2 N–H and O–H groups in total. The van der Waals surface area contributed by atoms with Crippen LogP contribution in [-0.4, -0.2) is 20.8 Å². The van der Waals surface area contributed by atoms with Gasteiger partial charge < -0.3 is 0 Å². The third-order valence-electron chi connectivity index (χ3n) is 0. The van der Waals surface area contributed by atoms with Crippen LogP contribution in [-0.2, 0) is 10.4 Å². The molecule has 0 amide bonds. The molecular formula is CH2Cl4O4S. The third kappa shape index (κ3) is 549. The summed E-state index contributed by atoms with van der Waals surface area (Å²) in [6, 6.07) is 0. The number of hydrogen-bond acceptors (Lipinski definition) is 2. The molecule has 0 unspecified atom stereocenters. The molecule has 0 spiro atoms. The minimum absolute atomic E-state index is 1.61. The highest BCUT2D eigenvalue weighted by molar-refractivity contribution is 7.79. The lowest BCUT2D eigenvalue weighted by Gasteiger charge is -1.91. The molecule has 0 heterocycles. The lowest BCUT2D eigenvalue weighted by atomic mass is 11.8. The van der Waals surface area contributed by atoms with E-state index in [1.54, 1.807) is 0 Å². The molecule has 0 aliphatic rings. The zero-order valence-corrected chi connectivity index (χ0v) is 7.97. The van der Waals surface area contributed by atoms with Crippen LogP contribution in [0.15, 0.2) is 0 Å². The smallest absolute Gasteiger partial charge is 0.264 e. The van der Waals surface area contributed by atoms with Crippen LogP contribution in [0.25, 0.3) is 0 Å². The van der Waals surface area contributed by atoms with Crippen molar-refractivity contribution in [3.05, 3.63) is 0 Å². The standard InChI is InChI=1S/CCl4.H2O4S/c2-1(3,4)5;1-5(2,3)4/h;(H2,1,2,3,4). The average molecular weight is 252 g/mol. The molecule has 10 heavy (non-hydrogen) atoms. The van der Waals surface area contributed by atoms with Gasteiger partial charge in [0, 0.05) is 0 Å². The van der Waals surface area contributed by atoms with Crippen molar-refractivity contribution in [1.82, 2.24) is 0 Å². The Morgan fingerprint density at radius 3 is 1.00 bits per heavy atom. The second kappa shape index (κ2) is 4.82. The molecule has 0 aromatic carbocycles. The Balaban J connectivity index is 0. The monoisotopic (exact) mass is 250 g/mol. The zero-order valence-electron chi connectivity index (χ0n) is 4.13. The molecule has 0 rings (SSSR count). The Morgan fingerprint density at radius 1 is 1.00 bits per heavy atom. The summed E-state index contributed by atoms with van der Waals surface area (Å²) in [4.78, 5) is 0. The van der Waals surface area contributed by atoms with Crippen molar-refractivity contribution >= 4 is 56.8 Å². The molecule has 0 aromatic heterocycles. The van der Waals surface area contributed by atoms with Gasteiger partial charge in [-0.2, -0.15) is 8.42 Å². The fraction of sp³-hybridized carbons (Fsp3) is 1.00. The average Bonchev–Trinajstić information content (AvgIpc) is 1.12. The van der Waals surface area contributed by atoms with Gasteiger partial charge in [0.25, 0.3) is 3.25 Å². The van der Waals surface area contributed by atoms with E-state index in [2.05, 4.69) is 0 Å². The van der Waals surface area contributed by atoms with Crippen LogP contribution in [0.5, 0.6) is 0 Å². The SMILES string of the molecule is ClC(Cl)(Cl)Cl.O=S(=O)(O)O. The largest absolute Gasteiger partial charge is 0.394 e. The van der Waals surface area contributed by atoms with E-state index in [0.717, 1.165) is 0 Å². The number of alkyl halides is 4. The Labute approximate surface area is 77.6 Å². The van der Waals surface area contributed by atoms with Gasteiger partial charge in [-0.25, -0.2) is 0 Å². The Kier molecular flexibility index (Phi) is 6.56. The lowest BCUT2D eigenvalue weighted by Crippen LogP contribution is -1.89. The Bertz CT molecular complexity index is 152. The van der Waals surface area contributed by atoms with E-state index in [9.17, 15) is 0 Å². The highest BCUT2D eigenvalue weighted by atomic mass is 35.6. The van der Waals surface area contributed by atoms with Gasteiger partial charge in [0.15, 0.2) is 0 Å². The van der Waals surface area contributed by atoms with Crippen LogP contribution in [0.3, 0.4) is 0 Å². The molecule has 0 fully saturated rings. The third-order valence-corrected chi connectivity index (χ3v) is 0. The summed E-state index contributed by atoms with van der Waals surface area (Å²) in [6.07, 6.45) is 0. The molecule has 0 bridgehead atoms. The van der Waals surface area contributed by atoms with Crippen molar-refractivity contribution in [3.8, 4) is 0 Å². The van der Waals surface area contributed by atoms with Gasteiger partial charge in [0.05, 0.1) is 0 Å². The topological polar surface area (TPSA) is 74.6 Å². The second-order valence-corrected chi connectivity index (χ2v) is 5.20. The number of hydrogen-bond donors (Lipinski definition) is 2. The van der Waals surface area contributed by atoms with Crippen LogP contribution in [0.1, 0.15) is 0 Å². The minimum atomic E-state index is -4.67. The van der Waals surface area contributed by atoms with Gasteiger partial charge in [-0.1, -0.05) is 46.4 Å². The van der Waals surface area contributed by atoms with Crippen molar-refractivity contribution in [1.29, 1.82) is 0 Å². The van der Waals surface area contributed by atoms with E-state index in [4.69, 9.17) is 63.9 Å². The van der Waals surface area contributed by atoms with Gasteiger partial charge in [0.2, 0.25) is 0 Å². The molecule has 0 atom stereocenters. The molecule has 0 aromatic rings. The zero-order chi connectivity index (χ0) is 9.00. The first kappa shape index (κ1) is 13.6. The van der Waals surface area contributed by atoms with Crippen LogP contribution in [0, 0.1) is 0 Å². The Morgan fingerprint density at radius 2 is 1.00 bits per heavy atom. The van der Waals surface area contributed by atoms with Crippen LogP contribution in [0.4, 0.5) is 0 Å². The van der Waals surface area contributed by atoms with E-state index >= 15 is 0 Å². The van der Waals surface area contributed by atoms with E-state index in [1.807, 2.05) is 0 Å². The summed E-state index contributed by atoms with van der Waals surface area (Å²) in [6.45, 7) is 0. The molecule has 4 nitrogen and oxygen atoms in total. The summed E-state index contributed by atoms with van der Waals surface area (Å²) >= 11 is 19.3. The lowest BCUT2D eigenvalue weighted by molar-refractivity contribution is 0.381. The summed E-state index contributed by atoms with van der Waals surface area (Å²) in [5.74, 6) is 0. The summed E-state index contributed by atoms with van der Waals surface area (Å²) < 4.78 is 30.0. The molecule has 0 radical (unpaired) electrons. The second-order valence-electron chi connectivity index (χ2n) is 0.876. The molecular weight excluding hydrogens is 250 g/mol. The van der Waals surface area contributed by atoms with Gasteiger partial charge in [-0.15, -0.1) is 0 Å². The summed E-state index contributed by atoms with van der Waals surface area (Å²) in [5, 5.41) is 0. The first-order valence-corrected chi connectivity index (χ1v) is 4.36. The van der Waals surface area contributed by atoms with Gasteiger partial charge in [0.1, 0.15) is 0 Å². The molecule has 0 saturated carbocycles. The molecule has 0 aliphatic carbocycles. The molecule has 0 aliphatic heterocycles. The van der Waals surface area contributed by atoms with E-state index in [-0.39, 0.29) is 0 Å². The van der Waals surface area contributed by atoms with Crippen molar-refractivity contribution < 1.29 is 17.5 Å². The van der Waals surface area contributed by atoms with Crippen molar-refractivity contribution in [3.63, 3.8) is 0 Å². The van der Waals surface area contributed by atoms with E-state index in [0.29, 0.717) is 0 Å². The van der Waals surface area contributed by atoms with Crippen LogP contribution < -0.4 is 0 Å². The first-order chi connectivity index (χ1) is 4.00. The predicted molar refractivity (Wildman–Crippen MR) is 40.3 cm³/mol. The highest BCUT2D eigenvalue weighted by Gasteiger charge is 2.11. The maximum absolute atomic E-state index is 8.74. The normalized spacial score (nSPS) is 11.8.